The molecule has 0 amide bonds. The van der Waals surface area contributed by atoms with Crippen LogP contribution in [0.4, 0.5) is 0 Å². The summed E-state index contributed by atoms with van der Waals surface area (Å²) in [6.45, 7) is 6.31. The fourth-order valence-electron chi connectivity index (χ4n) is 6.62. The van der Waals surface area contributed by atoms with Gasteiger partial charge in [-0.05, 0) is 51.4 Å². The Morgan fingerprint density at radius 3 is 1.08 bits per heavy atom. The second kappa shape index (κ2) is 51.4. The summed E-state index contributed by atoms with van der Waals surface area (Å²) in [5, 5.41) is 0. The van der Waals surface area contributed by atoms with Crippen molar-refractivity contribution in [3.8, 4) is 0 Å². The lowest BCUT2D eigenvalue weighted by Crippen LogP contribution is -2.30. The minimum absolute atomic E-state index is 0.116. The Kier molecular flexibility index (Phi) is 48.1. The highest BCUT2D eigenvalue weighted by molar-refractivity contribution is 5.71. The molecule has 1 atom stereocenters. The molecule has 0 fully saturated rings. The predicted molar refractivity (Wildman–Crippen MR) is 274 cm³/mol. The number of allylic oxidation sites excluding steroid dienone is 20. The van der Waals surface area contributed by atoms with Crippen LogP contribution >= 0.6 is 0 Å². The highest BCUT2D eigenvalue weighted by atomic mass is 16.6. The number of ether oxygens (including phenoxy) is 3. The van der Waals surface area contributed by atoms with Gasteiger partial charge < -0.3 is 14.2 Å². The van der Waals surface area contributed by atoms with Gasteiger partial charge in [0, 0.05) is 19.3 Å². The van der Waals surface area contributed by atoms with Gasteiger partial charge >= 0.3 is 17.9 Å². The molecule has 0 aromatic rings. The molecule has 0 spiro atoms. The van der Waals surface area contributed by atoms with Gasteiger partial charge in [0.2, 0.25) is 0 Å². The van der Waals surface area contributed by atoms with Crippen LogP contribution in [0.2, 0.25) is 0 Å². The van der Waals surface area contributed by atoms with Crippen molar-refractivity contribution in [1.82, 2.24) is 0 Å². The van der Waals surface area contributed by atoms with Gasteiger partial charge in [0.15, 0.2) is 6.10 Å². The average molecular weight is 885 g/mol. The van der Waals surface area contributed by atoms with Crippen molar-refractivity contribution in [2.24, 2.45) is 0 Å². The first-order chi connectivity index (χ1) is 31.5. The van der Waals surface area contributed by atoms with E-state index in [-0.39, 0.29) is 37.5 Å². The number of carbonyl (C=O) groups is 3. The van der Waals surface area contributed by atoms with E-state index in [0.717, 1.165) is 77.0 Å². The van der Waals surface area contributed by atoms with Crippen LogP contribution in [-0.2, 0) is 28.6 Å². The van der Waals surface area contributed by atoms with Gasteiger partial charge in [-0.1, -0.05) is 258 Å². The standard InChI is InChI=1S/C58H92O6/c1-4-7-10-13-16-19-22-25-27-28-29-31-33-36-39-42-45-48-51-57(60)63-54-55(53-62-56(59)50-47-44-41-38-35-32-24-21-18-15-12-9-6-3)64-58(61)52-49-46-43-40-37-34-30-26-23-20-17-14-11-8-5-2/h9-10,12-13,15-16,18-19,21-22,24-25,27-29,31-32,35,38,41,55H,4-8,11,14,17,20,23,26,30,33-34,36-37,39-40,42-54H2,1-3H3/b12-9-,13-10-,18-15-,19-16-,24-21-,25-22-,28-27-,31-29-,35-32-,41-38-. The van der Waals surface area contributed by atoms with Crippen LogP contribution in [-0.4, -0.2) is 37.2 Å². The molecule has 0 bridgehead atoms. The van der Waals surface area contributed by atoms with Crippen molar-refractivity contribution in [1.29, 1.82) is 0 Å². The third-order valence-corrected chi connectivity index (χ3v) is 10.4. The van der Waals surface area contributed by atoms with Gasteiger partial charge in [0.25, 0.3) is 0 Å². The summed E-state index contributed by atoms with van der Waals surface area (Å²) >= 11 is 0. The molecule has 0 aliphatic heterocycles. The third kappa shape index (κ3) is 48.8. The summed E-state index contributed by atoms with van der Waals surface area (Å²) < 4.78 is 16.7. The summed E-state index contributed by atoms with van der Waals surface area (Å²) in [4.78, 5) is 38.0. The van der Waals surface area contributed by atoms with Crippen LogP contribution in [0.1, 0.15) is 207 Å². The number of rotatable bonds is 44. The molecule has 6 nitrogen and oxygen atoms in total. The SMILES string of the molecule is CC\C=C/C=C\C=C/C=C\C=C/CCCC(=O)OCC(COC(=O)CCCCCCC\C=C/C=C\C=C/C=C\C=C/CCC)OC(=O)CCCCCCCCCCCCCCCCC. The summed E-state index contributed by atoms with van der Waals surface area (Å²) in [6.07, 6.45) is 70.4. The lowest BCUT2D eigenvalue weighted by atomic mass is 10.0. The quantitative estimate of drug-likeness (QED) is 0.0262. The van der Waals surface area contributed by atoms with Gasteiger partial charge in [-0.2, -0.15) is 0 Å². The lowest BCUT2D eigenvalue weighted by Gasteiger charge is -2.18. The molecule has 0 N–H and O–H groups in total. The zero-order chi connectivity index (χ0) is 46.5. The van der Waals surface area contributed by atoms with Gasteiger partial charge in [-0.3, -0.25) is 14.4 Å². The average Bonchev–Trinajstić information content (AvgIpc) is 3.29. The van der Waals surface area contributed by atoms with Crippen molar-refractivity contribution in [2.45, 2.75) is 213 Å². The first kappa shape index (κ1) is 59.8. The van der Waals surface area contributed by atoms with Gasteiger partial charge in [-0.15, -0.1) is 0 Å². The first-order valence-electron chi connectivity index (χ1n) is 25.7. The topological polar surface area (TPSA) is 78.9 Å². The van der Waals surface area contributed by atoms with Crippen LogP contribution in [0.3, 0.4) is 0 Å². The first-order valence-corrected chi connectivity index (χ1v) is 25.7. The zero-order valence-electron chi connectivity index (χ0n) is 41.0. The summed E-state index contributed by atoms with van der Waals surface area (Å²) in [6, 6.07) is 0. The Hall–Kier alpha value is -4.19. The molecular formula is C58H92O6. The molecule has 0 aliphatic rings. The Morgan fingerprint density at radius 1 is 0.328 bits per heavy atom. The highest BCUT2D eigenvalue weighted by Crippen LogP contribution is 2.15. The number of esters is 3. The van der Waals surface area contributed by atoms with Crippen molar-refractivity contribution in [3.63, 3.8) is 0 Å². The maximum absolute atomic E-state index is 12.8. The molecule has 0 heterocycles. The van der Waals surface area contributed by atoms with Crippen molar-refractivity contribution >= 4 is 17.9 Å². The van der Waals surface area contributed by atoms with Gasteiger partial charge in [0.1, 0.15) is 13.2 Å². The van der Waals surface area contributed by atoms with E-state index in [4.69, 9.17) is 14.2 Å². The predicted octanol–water partition coefficient (Wildman–Crippen LogP) is 16.9. The Balaban J connectivity index is 4.54. The van der Waals surface area contributed by atoms with Crippen LogP contribution in [0.5, 0.6) is 0 Å². The third-order valence-electron chi connectivity index (χ3n) is 10.4. The van der Waals surface area contributed by atoms with E-state index in [9.17, 15) is 14.4 Å². The molecule has 64 heavy (non-hydrogen) atoms. The molecule has 1 unspecified atom stereocenters. The summed E-state index contributed by atoms with van der Waals surface area (Å²) in [5.41, 5.74) is 0. The number of carbonyl (C=O) groups excluding carboxylic acids is 3. The normalized spacial score (nSPS) is 13.1. The van der Waals surface area contributed by atoms with Crippen LogP contribution in [0.15, 0.2) is 122 Å². The number of unbranched alkanes of at least 4 members (excludes halogenated alkanes) is 21. The lowest BCUT2D eigenvalue weighted by molar-refractivity contribution is -0.167. The van der Waals surface area contributed by atoms with Crippen LogP contribution in [0.25, 0.3) is 0 Å². The Labute approximate surface area is 392 Å². The van der Waals surface area contributed by atoms with E-state index in [2.05, 4.69) is 51.2 Å². The molecule has 0 aromatic carbocycles. The maximum atomic E-state index is 12.8. The monoisotopic (exact) mass is 885 g/mol. The number of hydrogen-bond acceptors (Lipinski definition) is 6. The minimum atomic E-state index is -0.819. The van der Waals surface area contributed by atoms with Gasteiger partial charge in [0.05, 0.1) is 0 Å². The molecule has 0 rings (SSSR count). The molecule has 0 aromatic heterocycles. The van der Waals surface area contributed by atoms with E-state index in [1.54, 1.807) is 0 Å². The van der Waals surface area contributed by atoms with Crippen molar-refractivity contribution < 1.29 is 28.6 Å². The highest BCUT2D eigenvalue weighted by Gasteiger charge is 2.19. The summed E-state index contributed by atoms with van der Waals surface area (Å²) in [7, 11) is 0. The molecule has 0 radical (unpaired) electrons. The maximum Gasteiger partial charge on any atom is 0.306 e. The van der Waals surface area contributed by atoms with E-state index >= 15 is 0 Å². The van der Waals surface area contributed by atoms with Crippen molar-refractivity contribution in [3.05, 3.63) is 122 Å². The Bertz CT molecular complexity index is 1390. The second-order valence-electron chi connectivity index (χ2n) is 16.6. The van der Waals surface area contributed by atoms with E-state index in [1.165, 1.54) is 83.5 Å². The largest absolute Gasteiger partial charge is 0.462 e. The van der Waals surface area contributed by atoms with E-state index < -0.39 is 6.10 Å². The molecule has 360 valence electrons. The smallest absolute Gasteiger partial charge is 0.306 e. The van der Waals surface area contributed by atoms with Crippen molar-refractivity contribution in [2.75, 3.05) is 13.2 Å². The fraction of sp³-hybridized carbons (Fsp3) is 0.603. The van der Waals surface area contributed by atoms with Crippen LogP contribution < -0.4 is 0 Å². The van der Waals surface area contributed by atoms with E-state index in [0.29, 0.717) is 19.3 Å². The Morgan fingerprint density at radius 2 is 0.656 bits per heavy atom. The van der Waals surface area contributed by atoms with Crippen LogP contribution in [0, 0.1) is 0 Å². The molecular weight excluding hydrogens is 793 g/mol. The number of hydrogen-bond donors (Lipinski definition) is 0. The minimum Gasteiger partial charge on any atom is -0.462 e. The zero-order valence-corrected chi connectivity index (χ0v) is 41.0. The summed E-state index contributed by atoms with van der Waals surface area (Å²) in [5.74, 6) is -1.02. The fourth-order valence-corrected chi connectivity index (χ4v) is 6.62. The van der Waals surface area contributed by atoms with Gasteiger partial charge in [-0.25, -0.2) is 0 Å². The second-order valence-corrected chi connectivity index (χ2v) is 16.6. The van der Waals surface area contributed by atoms with E-state index in [1.807, 2.05) is 91.1 Å². The molecule has 0 saturated heterocycles. The molecule has 6 heteroatoms. The molecule has 0 saturated carbocycles. The molecule has 0 aliphatic carbocycles.